The molecule has 1 saturated heterocycles. The van der Waals surface area contributed by atoms with Gasteiger partial charge in [-0.2, -0.15) is 10.2 Å². The van der Waals surface area contributed by atoms with Crippen LogP contribution < -0.4 is 4.74 Å². The first-order valence-corrected chi connectivity index (χ1v) is 8.29. The van der Waals surface area contributed by atoms with Crippen LogP contribution >= 0.6 is 0 Å². The zero-order valence-corrected chi connectivity index (χ0v) is 15.2. The fraction of sp³-hybridized carbons (Fsp3) is 0.647. The predicted molar refractivity (Wildman–Crippen MR) is 91.1 cm³/mol. The summed E-state index contributed by atoms with van der Waals surface area (Å²) >= 11 is 0. The van der Waals surface area contributed by atoms with Gasteiger partial charge in [0.1, 0.15) is 0 Å². The summed E-state index contributed by atoms with van der Waals surface area (Å²) in [5, 5.41) is 8.82. The molecule has 3 rings (SSSR count). The standard InChI is InChI=1S/C17H27N5O2/c1-12-15(17(24-5)21(3)19-12)9-22-8-14(11-23-4)16(10-22)13-6-18-20(2)7-13/h6-7,14,16H,8-11H2,1-5H3/t14-,16-/m0/s1. The van der Waals surface area contributed by atoms with Crippen LogP contribution in [0.3, 0.4) is 0 Å². The minimum Gasteiger partial charge on any atom is -0.481 e. The lowest BCUT2D eigenvalue weighted by molar-refractivity contribution is 0.147. The zero-order chi connectivity index (χ0) is 17.3. The van der Waals surface area contributed by atoms with Gasteiger partial charge in [-0.3, -0.25) is 9.58 Å². The number of nitrogens with zero attached hydrogens (tertiary/aromatic N) is 5. The first kappa shape index (κ1) is 17.0. The summed E-state index contributed by atoms with van der Waals surface area (Å²) in [6.07, 6.45) is 4.10. The Balaban J connectivity index is 1.78. The van der Waals surface area contributed by atoms with Gasteiger partial charge in [0.05, 0.1) is 31.2 Å². The molecule has 0 radical (unpaired) electrons. The second-order valence-electron chi connectivity index (χ2n) is 6.66. The van der Waals surface area contributed by atoms with E-state index in [1.165, 1.54) is 11.1 Å². The summed E-state index contributed by atoms with van der Waals surface area (Å²) in [4.78, 5) is 2.47. The topological polar surface area (TPSA) is 57.3 Å². The van der Waals surface area contributed by atoms with Gasteiger partial charge in [-0.25, -0.2) is 4.68 Å². The molecule has 3 heterocycles. The highest BCUT2D eigenvalue weighted by atomic mass is 16.5. The molecule has 0 bridgehead atoms. The smallest absolute Gasteiger partial charge is 0.216 e. The summed E-state index contributed by atoms with van der Waals surface area (Å²) in [5.74, 6) is 1.77. The van der Waals surface area contributed by atoms with Crippen molar-refractivity contribution in [2.45, 2.75) is 19.4 Å². The number of methoxy groups -OCH3 is 2. The summed E-state index contributed by atoms with van der Waals surface area (Å²) < 4.78 is 14.7. The largest absolute Gasteiger partial charge is 0.481 e. The summed E-state index contributed by atoms with van der Waals surface area (Å²) in [5.41, 5.74) is 3.49. The Morgan fingerprint density at radius 2 is 2.04 bits per heavy atom. The highest BCUT2D eigenvalue weighted by Gasteiger charge is 2.35. The first-order chi connectivity index (χ1) is 11.5. The molecule has 24 heavy (non-hydrogen) atoms. The molecule has 0 aromatic carbocycles. The van der Waals surface area contributed by atoms with Crippen molar-refractivity contribution in [2.75, 3.05) is 33.9 Å². The maximum Gasteiger partial charge on any atom is 0.216 e. The second kappa shape index (κ2) is 6.94. The Kier molecular flexibility index (Phi) is 4.91. The van der Waals surface area contributed by atoms with Crippen molar-refractivity contribution in [3.05, 3.63) is 29.2 Å². The molecule has 0 aliphatic carbocycles. The van der Waals surface area contributed by atoms with Crippen molar-refractivity contribution < 1.29 is 9.47 Å². The molecule has 0 amide bonds. The fourth-order valence-electron chi connectivity index (χ4n) is 3.82. The minimum atomic E-state index is 0.446. The normalized spacial score (nSPS) is 21.5. The van der Waals surface area contributed by atoms with Gasteiger partial charge in [0.15, 0.2) is 0 Å². The van der Waals surface area contributed by atoms with Crippen molar-refractivity contribution >= 4 is 0 Å². The van der Waals surface area contributed by atoms with Gasteiger partial charge in [0.2, 0.25) is 5.88 Å². The fourth-order valence-corrected chi connectivity index (χ4v) is 3.82. The van der Waals surface area contributed by atoms with E-state index in [9.17, 15) is 0 Å². The molecule has 2 atom stereocenters. The van der Waals surface area contributed by atoms with Gasteiger partial charge in [-0.05, 0) is 12.5 Å². The monoisotopic (exact) mass is 333 g/mol. The lowest BCUT2D eigenvalue weighted by Crippen LogP contribution is -2.21. The molecule has 1 fully saturated rings. The van der Waals surface area contributed by atoms with E-state index < -0.39 is 0 Å². The lowest BCUT2D eigenvalue weighted by Gasteiger charge is -2.16. The summed E-state index contributed by atoms with van der Waals surface area (Å²) in [7, 11) is 7.37. The Bertz CT molecular complexity index is 693. The lowest BCUT2D eigenvalue weighted by atomic mass is 9.92. The van der Waals surface area contributed by atoms with Crippen molar-refractivity contribution in [1.82, 2.24) is 24.5 Å². The van der Waals surface area contributed by atoms with Gasteiger partial charge >= 0.3 is 0 Å². The molecular formula is C17H27N5O2. The van der Waals surface area contributed by atoms with E-state index >= 15 is 0 Å². The Labute approximate surface area is 143 Å². The van der Waals surface area contributed by atoms with E-state index in [1.807, 2.05) is 36.6 Å². The predicted octanol–water partition coefficient (Wildman–Crippen LogP) is 1.33. The molecule has 7 nitrogen and oxygen atoms in total. The summed E-state index contributed by atoms with van der Waals surface area (Å²) in [6, 6.07) is 0. The number of hydrogen-bond acceptors (Lipinski definition) is 5. The van der Waals surface area contributed by atoms with Crippen LogP contribution in [-0.4, -0.2) is 58.4 Å². The molecule has 7 heteroatoms. The number of hydrogen-bond donors (Lipinski definition) is 0. The molecule has 0 spiro atoms. The van der Waals surface area contributed by atoms with E-state index in [2.05, 4.69) is 21.3 Å². The molecule has 2 aromatic rings. The molecule has 0 N–H and O–H groups in total. The molecule has 0 unspecified atom stereocenters. The van der Waals surface area contributed by atoms with Crippen molar-refractivity contribution in [3.8, 4) is 5.88 Å². The average molecular weight is 333 g/mol. The van der Waals surface area contributed by atoms with Crippen LogP contribution in [0.4, 0.5) is 0 Å². The van der Waals surface area contributed by atoms with Crippen LogP contribution in [-0.2, 0) is 25.4 Å². The zero-order valence-electron chi connectivity index (χ0n) is 15.2. The van der Waals surface area contributed by atoms with Crippen molar-refractivity contribution in [1.29, 1.82) is 0 Å². The van der Waals surface area contributed by atoms with Crippen LogP contribution in [0.15, 0.2) is 12.4 Å². The van der Waals surface area contributed by atoms with Crippen LogP contribution in [0.2, 0.25) is 0 Å². The number of aryl methyl sites for hydroxylation is 3. The summed E-state index contributed by atoms with van der Waals surface area (Å²) in [6.45, 7) is 5.65. The Hall–Kier alpha value is -1.86. The highest BCUT2D eigenvalue weighted by Crippen LogP contribution is 2.34. The molecule has 132 valence electrons. The Morgan fingerprint density at radius 3 is 2.67 bits per heavy atom. The number of rotatable bonds is 6. The number of aromatic nitrogens is 4. The molecule has 2 aromatic heterocycles. The quantitative estimate of drug-likeness (QED) is 0.798. The molecule has 0 saturated carbocycles. The highest BCUT2D eigenvalue weighted by molar-refractivity contribution is 5.31. The van der Waals surface area contributed by atoms with E-state index in [0.717, 1.165) is 37.8 Å². The van der Waals surface area contributed by atoms with Crippen LogP contribution in [0.5, 0.6) is 5.88 Å². The van der Waals surface area contributed by atoms with E-state index in [4.69, 9.17) is 9.47 Å². The van der Waals surface area contributed by atoms with Crippen molar-refractivity contribution in [3.63, 3.8) is 0 Å². The van der Waals surface area contributed by atoms with Gasteiger partial charge in [0.25, 0.3) is 0 Å². The van der Waals surface area contributed by atoms with Crippen LogP contribution in [0.25, 0.3) is 0 Å². The van der Waals surface area contributed by atoms with Crippen LogP contribution in [0, 0.1) is 12.8 Å². The maximum atomic E-state index is 5.53. The van der Waals surface area contributed by atoms with E-state index in [0.29, 0.717) is 11.8 Å². The van der Waals surface area contributed by atoms with Gasteiger partial charge in [-0.15, -0.1) is 0 Å². The van der Waals surface area contributed by atoms with Gasteiger partial charge in [0, 0.05) is 58.9 Å². The van der Waals surface area contributed by atoms with Gasteiger partial charge in [-0.1, -0.05) is 0 Å². The molecule has 1 aliphatic rings. The Morgan fingerprint density at radius 1 is 1.25 bits per heavy atom. The third kappa shape index (κ3) is 3.18. The first-order valence-electron chi connectivity index (χ1n) is 8.29. The maximum absolute atomic E-state index is 5.53. The van der Waals surface area contributed by atoms with E-state index in [-0.39, 0.29) is 0 Å². The third-order valence-electron chi connectivity index (χ3n) is 4.91. The molecule has 1 aliphatic heterocycles. The van der Waals surface area contributed by atoms with Gasteiger partial charge < -0.3 is 9.47 Å². The van der Waals surface area contributed by atoms with E-state index in [1.54, 1.807) is 14.2 Å². The molecular weight excluding hydrogens is 306 g/mol. The average Bonchev–Trinajstić information content (AvgIpc) is 3.19. The number of likely N-dealkylation sites (tertiary alicyclic amines) is 1. The third-order valence-corrected chi connectivity index (χ3v) is 4.91. The SMILES string of the molecule is COC[C@@H]1CN(Cc2c(C)nn(C)c2OC)C[C@H]1c1cnn(C)c1. The second-order valence-corrected chi connectivity index (χ2v) is 6.66. The van der Waals surface area contributed by atoms with Crippen molar-refractivity contribution in [2.24, 2.45) is 20.0 Å². The van der Waals surface area contributed by atoms with Crippen LogP contribution in [0.1, 0.15) is 22.7 Å². The minimum absolute atomic E-state index is 0.446. The number of ether oxygens (including phenoxy) is 2.